The lowest BCUT2D eigenvalue weighted by atomic mass is 10.1. The van der Waals surface area contributed by atoms with Crippen LogP contribution in [0.5, 0.6) is 0 Å². The van der Waals surface area contributed by atoms with E-state index in [1.807, 2.05) is 60.7 Å². The Bertz CT molecular complexity index is 512. The SMILES string of the molecule is NCc1ccccc1.O=C=O.O=CCCc1ccccc1.[HH]. The van der Waals surface area contributed by atoms with Crippen molar-refractivity contribution >= 4 is 12.4 Å². The zero-order chi connectivity index (χ0) is 15.8. The number of aryl methyl sites for hydroxylation is 1. The van der Waals surface area contributed by atoms with E-state index in [0.29, 0.717) is 13.0 Å². The Labute approximate surface area is 126 Å². The lowest BCUT2D eigenvalue weighted by Gasteiger charge is -1.93. The zero-order valence-electron chi connectivity index (χ0n) is 11.8. The standard InChI is InChI=1S/C9H10O.C7H9N.CO2.H2/c10-8-4-7-9-5-2-1-3-6-9;8-6-7-4-2-1-3-5-7;2-1-3;/h1-3,5-6,8H,4,7H2;1-5H,6,8H2;;1H. The van der Waals surface area contributed by atoms with E-state index in [-0.39, 0.29) is 7.58 Å². The topological polar surface area (TPSA) is 77.2 Å². The summed E-state index contributed by atoms with van der Waals surface area (Å²) in [6, 6.07) is 20.0. The van der Waals surface area contributed by atoms with Crippen LogP contribution in [0.25, 0.3) is 0 Å². The van der Waals surface area contributed by atoms with Gasteiger partial charge in [-0.3, -0.25) is 0 Å². The molecule has 0 aliphatic rings. The summed E-state index contributed by atoms with van der Waals surface area (Å²) in [6.07, 6.45) is 2.70. The highest BCUT2D eigenvalue weighted by Crippen LogP contribution is 2.00. The van der Waals surface area contributed by atoms with Crippen molar-refractivity contribution in [1.82, 2.24) is 0 Å². The molecule has 2 aromatic rings. The second kappa shape index (κ2) is 13.9. The molecule has 0 bridgehead atoms. The van der Waals surface area contributed by atoms with Gasteiger partial charge in [0.2, 0.25) is 0 Å². The van der Waals surface area contributed by atoms with Crippen LogP contribution in [0.4, 0.5) is 0 Å². The predicted octanol–water partition coefficient (Wildman–Crippen LogP) is 2.63. The number of benzene rings is 2. The summed E-state index contributed by atoms with van der Waals surface area (Å²) >= 11 is 0. The molecule has 0 aliphatic heterocycles. The fourth-order valence-electron chi connectivity index (χ4n) is 1.48. The minimum atomic E-state index is 0. The van der Waals surface area contributed by atoms with E-state index in [0.717, 1.165) is 12.7 Å². The van der Waals surface area contributed by atoms with E-state index in [9.17, 15) is 4.79 Å². The summed E-state index contributed by atoms with van der Waals surface area (Å²) in [5.41, 5.74) is 7.77. The first-order chi connectivity index (χ1) is 10.3. The van der Waals surface area contributed by atoms with Crippen LogP contribution in [0, 0.1) is 0 Å². The largest absolute Gasteiger partial charge is 0.373 e. The molecule has 112 valence electrons. The number of rotatable bonds is 4. The molecular weight excluding hydrogens is 266 g/mol. The van der Waals surface area contributed by atoms with Crippen molar-refractivity contribution in [3.8, 4) is 0 Å². The molecule has 0 spiro atoms. The molecule has 0 heterocycles. The molecule has 2 aromatic carbocycles. The fraction of sp³-hybridized carbons (Fsp3) is 0.176. The highest BCUT2D eigenvalue weighted by molar-refractivity contribution is 5.49. The molecule has 21 heavy (non-hydrogen) atoms. The molecule has 0 aliphatic carbocycles. The second-order valence-electron chi connectivity index (χ2n) is 3.96. The lowest BCUT2D eigenvalue weighted by Crippen LogP contribution is -1.94. The molecule has 0 fully saturated rings. The first-order valence-corrected chi connectivity index (χ1v) is 6.49. The van der Waals surface area contributed by atoms with E-state index in [4.69, 9.17) is 15.3 Å². The van der Waals surface area contributed by atoms with Gasteiger partial charge in [-0.05, 0) is 17.5 Å². The van der Waals surface area contributed by atoms with Gasteiger partial charge in [-0.15, -0.1) is 0 Å². The summed E-state index contributed by atoms with van der Waals surface area (Å²) < 4.78 is 0. The molecule has 0 unspecified atom stereocenters. The maximum absolute atomic E-state index is 9.98. The van der Waals surface area contributed by atoms with E-state index < -0.39 is 0 Å². The predicted molar refractivity (Wildman–Crippen MR) is 82.3 cm³/mol. The molecule has 0 radical (unpaired) electrons. The van der Waals surface area contributed by atoms with Gasteiger partial charge in [0.15, 0.2) is 0 Å². The molecule has 0 atom stereocenters. The summed E-state index contributed by atoms with van der Waals surface area (Å²) in [4.78, 5) is 26.2. The smallest absolute Gasteiger partial charge is 0.326 e. The number of carbonyl (C=O) groups excluding carboxylic acids is 3. The van der Waals surface area contributed by atoms with Gasteiger partial charge < -0.3 is 10.5 Å². The van der Waals surface area contributed by atoms with Gasteiger partial charge in [0.05, 0.1) is 0 Å². The molecule has 0 amide bonds. The van der Waals surface area contributed by atoms with Crippen molar-refractivity contribution in [3.05, 3.63) is 71.8 Å². The minimum Gasteiger partial charge on any atom is -0.326 e. The molecule has 2 rings (SSSR count). The van der Waals surface area contributed by atoms with Crippen LogP contribution in [-0.4, -0.2) is 12.4 Å². The minimum absolute atomic E-state index is 0. The van der Waals surface area contributed by atoms with Crippen LogP contribution in [0.3, 0.4) is 0 Å². The van der Waals surface area contributed by atoms with Gasteiger partial charge in [-0.2, -0.15) is 9.59 Å². The third-order valence-corrected chi connectivity index (χ3v) is 2.47. The Morgan fingerprint density at radius 3 is 1.67 bits per heavy atom. The second-order valence-corrected chi connectivity index (χ2v) is 3.96. The van der Waals surface area contributed by atoms with Crippen LogP contribution in [0.1, 0.15) is 19.0 Å². The highest BCUT2D eigenvalue weighted by atomic mass is 16.2. The summed E-state index contributed by atoms with van der Waals surface area (Å²) in [6.45, 7) is 0.640. The normalized spacial score (nSPS) is 8.24. The van der Waals surface area contributed by atoms with Gasteiger partial charge in [-0.1, -0.05) is 60.7 Å². The monoisotopic (exact) mass is 287 g/mol. The first-order valence-electron chi connectivity index (χ1n) is 6.49. The van der Waals surface area contributed by atoms with Crippen LogP contribution < -0.4 is 5.73 Å². The van der Waals surface area contributed by atoms with E-state index in [1.54, 1.807) is 0 Å². The summed E-state index contributed by atoms with van der Waals surface area (Å²) in [5, 5.41) is 0. The molecular formula is C17H21NO3. The van der Waals surface area contributed by atoms with Crippen molar-refractivity contribution in [1.29, 1.82) is 0 Å². The first kappa shape index (κ1) is 18.4. The van der Waals surface area contributed by atoms with Crippen molar-refractivity contribution in [3.63, 3.8) is 0 Å². The van der Waals surface area contributed by atoms with Gasteiger partial charge in [0, 0.05) is 14.4 Å². The number of hydrogen-bond donors (Lipinski definition) is 1. The Balaban J connectivity index is 0. The van der Waals surface area contributed by atoms with Crippen molar-refractivity contribution < 1.29 is 15.8 Å². The van der Waals surface area contributed by atoms with Gasteiger partial charge >= 0.3 is 6.15 Å². The Hall–Kier alpha value is -2.55. The maximum atomic E-state index is 9.98. The summed E-state index contributed by atoms with van der Waals surface area (Å²) in [5.74, 6) is 0. The molecule has 4 nitrogen and oxygen atoms in total. The van der Waals surface area contributed by atoms with Crippen LogP contribution in [0.2, 0.25) is 0 Å². The van der Waals surface area contributed by atoms with Crippen molar-refractivity contribution in [2.75, 3.05) is 0 Å². The van der Waals surface area contributed by atoms with E-state index in [1.165, 1.54) is 11.1 Å². The van der Waals surface area contributed by atoms with Gasteiger partial charge in [0.1, 0.15) is 6.29 Å². The number of aldehydes is 1. The fourth-order valence-corrected chi connectivity index (χ4v) is 1.48. The molecule has 4 heteroatoms. The molecule has 0 aromatic heterocycles. The summed E-state index contributed by atoms with van der Waals surface area (Å²) in [7, 11) is 0. The number of nitrogens with two attached hydrogens (primary N) is 1. The molecule has 0 saturated heterocycles. The lowest BCUT2D eigenvalue weighted by molar-refractivity contribution is -0.191. The Kier molecular flexibility index (Phi) is 12.2. The number of hydrogen-bond acceptors (Lipinski definition) is 4. The van der Waals surface area contributed by atoms with Crippen molar-refractivity contribution in [2.24, 2.45) is 5.73 Å². The average molecular weight is 287 g/mol. The van der Waals surface area contributed by atoms with Crippen LogP contribution in [-0.2, 0) is 27.3 Å². The Morgan fingerprint density at radius 2 is 1.33 bits per heavy atom. The Morgan fingerprint density at radius 1 is 0.905 bits per heavy atom. The van der Waals surface area contributed by atoms with E-state index >= 15 is 0 Å². The number of carbonyl (C=O) groups is 1. The van der Waals surface area contributed by atoms with Crippen molar-refractivity contribution in [2.45, 2.75) is 19.4 Å². The zero-order valence-corrected chi connectivity index (χ0v) is 11.8. The van der Waals surface area contributed by atoms with Gasteiger partial charge in [-0.25, -0.2) is 0 Å². The van der Waals surface area contributed by atoms with Crippen LogP contribution >= 0.6 is 0 Å². The van der Waals surface area contributed by atoms with Gasteiger partial charge in [0.25, 0.3) is 0 Å². The molecule has 0 saturated carbocycles. The molecule has 2 N–H and O–H groups in total. The maximum Gasteiger partial charge on any atom is 0.373 e. The average Bonchev–Trinajstić information content (AvgIpc) is 2.56. The van der Waals surface area contributed by atoms with E-state index in [2.05, 4.69) is 0 Å². The highest BCUT2D eigenvalue weighted by Gasteiger charge is 1.87. The van der Waals surface area contributed by atoms with Crippen LogP contribution in [0.15, 0.2) is 60.7 Å². The quantitative estimate of drug-likeness (QED) is 0.877. The third kappa shape index (κ3) is 11.0. The third-order valence-electron chi connectivity index (χ3n) is 2.47.